The molecule has 0 amide bonds. The molecule has 2 aromatic rings. The molecule has 1 atom stereocenters. The number of benzene rings is 2. The van der Waals surface area contributed by atoms with Crippen molar-refractivity contribution >= 4 is 11.6 Å². The van der Waals surface area contributed by atoms with Crippen molar-refractivity contribution in [2.45, 2.75) is 13.0 Å². The van der Waals surface area contributed by atoms with Crippen LogP contribution in [-0.2, 0) is 0 Å². The maximum atomic E-state index is 12.3. The molecule has 2 aromatic carbocycles. The maximum Gasteiger partial charge on any atom is 0.224 e. The van der Waals surface area contributed by atoms with Crippen molar-refractivity contribution < 1.29 is 14.3 Å². The predicted octanol–water partition coefficient (Wildman–Crippen LogP) is 2.82. The van der Waals surface area contributed by atoms with Crippen molar-refractivity contribution in [3.05, 3.63) is 65.2 Å². The van der Waals surface area contributed by atoms with E-state index in [0.717, 1.165) is 5.56 Å². The lowest BCUT2D eigenvalue weighted by Gasteiger charge is -2.07. The molecule has 0 saturated heterocycles. The van der Waals surface area contributed by atoms with Gasteiger partial charge < -0.3 is 4.74 Å². The van der Waals surface area contributed by atoms with Gasteiger partial charge in [-0.15, -0.1) is 0 Å². The fraction of sp³-hybridized carbons (Fsp3) is 0.125. The third kappa shape index (κ3) is 1.93. The minimum atomic E-state index is -1.04. The van der Waals surface area contributed by atoms with Crippen molar-refractivity contribution in [1.82, 2.24) is 0 Å². The minimum absolute atomic E-state index is 0.257. The van der Waals surface area contributed by atoms with Gasteiger partial charge in [0.25, 0.3) is 0 Å². The topological polar surface area (TPSA) is 43.4 Å². The highest BCUT2D eigenvalue weighted by molar-refractivity contribution is 6.21. The number of ketones is 2. The van der Waals surface area contributed by atoms with Gasteiger partial charge >= 0.3 is 0 Å². The predicted molar refractivity (Wildman–Crippen MR) is 70.7 cm³/mol. The number of hydrogen-bond donors (Lipinski definition) is 0. The number of fused-ring (bicyclic) bond motifs is 1. The number of Topliss-reactive ketones (excluding diaryl/α,β-unsaturated/α-hetero) is 2. The van der Waals surface area contributed by atoms with Crippen LogP contribution in [0.25, 0.3) is 0 Å². The number of rotatable bonds is 2. The van der Waals surface area contributed by atoms with Crippen LogP contribution in [-0.4, -0.2) is 17.7 Å². The van der Waals surface area contributed by atoms with E-state index in [1.54, 1.807) is 36.4 Å². The molecule has 1 aliphatic rings. The van der Waals surface area contributed by atoms with Crippen LogP contribution < -0.4 is 4.74 Å². The van der Waals surface area contributed by atoms with E-state index in [0.29, 0.717) is 16.9 Å². The first-order chi connectivity index (χ1) is 9.16. The largest absolute Gasteiger partial charge is 0.473 e. The van der Waals surface area contributed by atoms with Crippen molar-refractivity contribution in [3.63, 3.8) is 0 Å². The zero-order chi connectivity index (χ0) is 13.4. The summed E-state index contributed by atoms with van der Waals surface area (Å²) in [5.41, 5.74) is 1.96. The van der Waals surface area contributed by atoms with Crippen LogP contribution in [0.4, 0.5) is 0 Å². The van der Waals surface area contributed by atoms with Crippen LogP contribution in [0.3, 0.4) is 0 Å². The van der Waals surface area contributed by atoms with Gasteiger partial charge in [-0.1, -0.05) is 42.0 Å². The smallest absolute Gasteiger partial charge is 0.224 e. The van der Waals surface area contributed by atoms with Crippen molar-refractivity contribution in [1.29, 1.82) is 0 Å². The fourth-order valence-corrected chi connectivity index (χ4v) is 2.19. The van der Waals surface area contributed by atoms with Crippen molar-refractivity contribution in [3.8, 4) is 5.75 Å². The van der Waals surface area contributed by atoms with Gasteiger partial charge in [0, 0.05) is 5.56 Å². The molecule has 0 fully saturated rings. The molecule has 0 bridgehead atoms. The summed E-state index contributed by atoms with van der Waals surface area (Å²) in [6.07, 6.45) is -1.04. The molecular weight excluding hydrogens is 240 g/mol. The van der Waals surface area contributed by atoms with Crippen molar-refractivity contribution in [2.75, 3.05) is 0 Å². The van der Waals surface area contributed by atoms with E-state index < -0.39 is 6.10 Å². The molecule has 0 radical (unpaired) electrons. The average Bonchev–Trinajstić information content (AvgIpc) is 2.76. The summed E-state index contributed by atoms with van der Waals surface area (Å²) >= 11 is 0. The summed E-state index contributed by atoms with van der Waals surface area (Å²) < 4.78 is 5.49. The molecule has 0 unspecified atom stereocenters. The summed E-state index contributed by atoms with van der Waals surface area (Å²) in [4.78, 5) is 24.5. The molecule has 1 aliphatic heterocycles. The van der Waals surface area contributed by atoms with Crippen LogP contribution in [0.2, 0.25) is 0 Å². The Morgan fingerprint density at radius 2 is 1.84 bits per heavy atom. The molecule has 19 heavy (non-hydrogen) atoms. The van der Waals surface area contributed by atoms with Gasteiger partial charge in [0.1, 0.15) is 5.75 Å². The molecule has 1 heterocycles. The van der Waals surface area contributed by atoms with E-state index in [-0.39, 0.29) is 11.6 Å². The van der Waals surface area contributed by atoms with E-state index >= 15 is 0 Å². The third-order valence-corrected chi connectivity index (χ3v) is 3.18. The molecule has 0 spiro atoms. The number of carbonyl (C=O) groups excluding carboxylic acids is 2. The second-order valence-corrected chi connectivity index (χ2v) is 4.59. The van der Waals surface area contributed by atoms with E-state index in [9.17, 15) is 9.59 Å². The number of hydrogen-bond acceptors (Lipinski definition) is 3. The summed E-state index contributed by atoms with van der Waals surface area (Å²) in [6, 6.07) is 14.1. The molecule has 0 aromatic heterocycles. The van der Waals surface area contributed by atoms with E-state index in [1.165, 1.54) is 0 Å². The van der Waals surface area contributed by atoms with E-state index in [4.69, 9.17) is 4.74 Å². The Bertz CT molecular complexity index is 659. The molecular formula is C16H12O3. The highest BCUT2D eigenvalue weighted by Gasteiger charge is 2.38. The molecule has 3 heteroatoms. The number of aryl methyl sites for hydroxylation is 1. The Morgan fingerprint density at radius 1 is 1.11 bits per heavy atom. The van der Waals surface area contributed by atoms with Gasteiger partial charge in [0.05, 0.1) is 5.56 Å². The van der Waals surface area contributed by atoms with Gasteiger partial charge in [-0.05, 0) is 19.1 Å². The number of ether oxygens (including phenoxy) is 1. The van der Waals surface area contributed by atoms with Crippen molar-refractivity contribution in [2.24, 2.45) is 0 Å². The second kappa shape index (κ2) is 4.35. The molecule has 0 N–H and O–H groups in total. The first-order valence-corrected chi connectivity index (χ1v) is 6.07. The maximum absolute atomic E-state index is 12.3. The molecule has 0 aliphatic carbocycles. The lowest BCUT2D eigenvalue weighted by atomic mass is 10.00. The SMILES string of the molecule is Cc1ccc2c(c1)C(=O)[C@H](C(=O)c1ccccc1)O2. The van der Waals surface area contributed by atoms with Gasteiger partial charge in [-0.2, -0.15) is 0 Å². The second-order valence-electron chi connectivity index (χ2n) is 4.59. The Morgan fingerprint density at radius 3 is 2.58 bits per heavy atom. The molecule has 3 nitrogen and oxygen atoms in total. The lowest BCUT2D eigenvalue weighted by molar-refractivity contribution is 0.0720. The molecule has 3 rings (SSSR count). The standard InChI is InChI=1S/C16H12O3/c1-10-7-8-13-12(9-10)15(18)16(19-13)14(17)11-5-3-2-4-6-11/h2-9,16H,1H3/t16-/m0/s1. The summed E-state index contributed by atoms with van der Waals surface area (Å²) in [5, 5.41) is 0. The average molecular weight is 252 g/mol. The molecule has 94 valence electrons. The zero-order valence-electron chi connectivity index (χ0n) is 10.4. The minimum Gasteiger partial charge on any atom is -0.473 e. The van der Waals surface area contributed by atoms with Gasteiger partial charge in [-0.3, -0.25) is 9.59 Å². The number of carbonyl (C=O) groups is 2. The summed E-state index contributed by atoms with van der Waals surface area (Å²) in [6.45, 7) is 1.90. The van der Waals surface area contributed by atoms with Crippen LogP contribution in [0, 0.1) is 6.92 Å². The zero-order valence-corrected chi connectivity index (χ0v) is 10.4. The van der Waals surface area contributed by atoms with Gasteiger partial charge in [-0.25, -0.2) is 0 Å². The fourth-order valence-electron chi connectivity index (χ4n) is 2.19. The quantitative estimate of drug-likeness (QED) is 0.609. The monoisotopic (exact) mass is 252 g/mol. The third-order valence-electron chi connectivity index (χ3n) is 3.18. The van der Waals surface area contributed by atoms with E-state index in [1.807, 2.05) is 19.1 Å². The van der Waals surface area contributed by atoms with E-state index in [2.05, 4.69) is 0 Å². The van der Waals surface area contributed by atoms with Crippen LogP contribution >= 0.6 is 0 Å². The Kier molecular flexibility index (Phi) is 2.67. The Labute approximate surface area is 110 Å². The van der Waals surface area contributed by atoms with Gasteiger partial charge in [0.2, 0.25) is 17.7 Å². The van der Waals surface area contributed by atoms with Crippen LogP contribution in [0.1, 0.15) is 26.3 Å². The summed E-state index contributed by atoms with van der Waals surface area (Å²) in [7, 11) is 0. The van der Waals surface area contributed by atoms with Crippen LogP contribution in [0.5, 0.6) is 5.75 Å². The Hall–Kier alpha value is -2.42. The lowest BCUT2D eigenvalue weighted by Crippen LogP contribution is -2.30. The summed E-state index contributed by atoms with van der Waals surface area (Å²) in [5.74, 6) is -0.0584. The Balaban J connectivity index is 1.94. The first-order valence-electron chi connectivity index (χ1n) is 6.07. The van der Waals surface area contributed by atoms with Gasteiger partial charge in [0.15, 0.2) is 0 Å². The van der Waals surface area contributed by atoms with Crippen LogP contribution in [0.15, 0.2) is 48.5 Å². The normalized spacial score (nSPS) is 16.9. The first kappa shape index (κ1) is 11.7. The highest BCUT2D eigenvalue weighted by atomic mass is 16.5. The highest BCUT2D eigenvalue weighted by Crippen LogP contribution is 2.30. The molecule has 0 saturated carbocycles.